The molecule has 0 atom stereocenters. The van der Waals surface area contributed by atoms with Crippen LogP contribution in [0.2, 0.25) is 0 Å². The molecule has 0 amide bonds. The van der Waals surface area contributed by atoms with Crippen molar-refractivity contribution in [1.82, 2.24) is 10.4 Å². The Balaban J connectivity index is 1.65. The molecule has 0 spiro atoms. The lowest BCUT2D eigenvalue weighted by Crippen LogP contribution is -2.57. The van der Waals surface area contributed by atoms with E-state index in [4.69, 9.17) is 10.5 Å². The summed E-state index contributed by atoms with van der Waals surface area (Å²) >= 11 is 0. The molecule has 2 aliphatic rings. The van der Waals surface area contributed by atoms with Crippen molar-refractivity contribution < 1.29 is 4.74 Å². The van der Waals surface area contributed by atoms with Gasteiger partial charge in [0.1, 0.15) is 0 Å². The van der Waals surface area contributed by atoms with Crippen LogP contribution in [0.5, 0.6) is 0 Å². The molecule has 2 fully saturated rings. The van der Waals surface area contributed by atoms with Crippen LogP contribution in [0, 0.1) is 0 Å². The largest absolute Gasteiger partial charge is 0.379 e. The van der Waals surface area contributed by atoms with Crippen molar-refractivity contribution in [2.75, 3.05) is 26.3 Å². The molecule has 70 valence electrons. The van der Waals surface area contributed by atoms with Gasteiger partial charge in [0.05, 0.1) is 13.2 Å². The zero-order valence-electron chi connectivity index (χ0n) is 7.33. The van der Waals surface area contributed by atoms with Crippen molar-refractivity contribution in [1.29, 1.82) is 0 Å². The van der Waals surface area contributed by atoms with E-state index in [1.165, 1.54) is 0 Å². The predicted octanol–water partition coefficient (Wildman–Crippen LogP) is -0.687. The summed E-state index contributed by atoms with van der Waals surface area (Å²) < 4.78 is 5.25. The summed E-state index contributed by atoms with van der Waals surface area (Å²) in [5.41, 5.74) is 9.15. The van der Waals surface area contributed by atoms with Gasteiger partial charge in [-0.2, -0.15) is 0 Å². The molecule has 0 aromatic heterocycles. The Bertz CT molecular complexity index is 141. The molecule has 4 heteroatoms. The second-order valence-electron chi connectivity index (χ2n) is 3.66. The first kappa shape index (κ1) is 8.44. The lowest BCUT2D eigenvalue weighted by atomic mass is 9.88. The highest BCUT2D eigenvalue weighted by Crippen LogP contribution is 2.17. The molecule has 0 bridgehead atoms. The van der Waals surface area contributed by atoms with Gasteiger partial charge in [0.15, 0.2) is 0 Å². The van der Waals surface area contributed by atoms with Crippen molar-refractivity contribution >= 4 is 0 Å². The van der Waals surface area contributed by atoms with Crippen LogP contribution in [0.25, 0.3) is 0 Å². The minimum absolute atomic E-state index is 0.434. The van der Waals surface area contributed by atoms with Gasteiger partial charge < -0.3 is 10.5 Å². The summed E-state index contributed by atoms with van der Waals surface area (Å²) in [6, 6.07) is 1.06. The normalized spacial score (nSPS) is 37.8. The maximum Gasteiger partial charge on any atom is 0.0608 e. The smallest absolute Gasteiger partial charge is 0.0608 e. The molecule has 1 saturated heterocycles. The van der Waals surface area contributed by atoms with Crippen LogP contribution in [-0.4, -0.2) is 43.4 Å². The Labute approximate surface area is 73.0 Å². The molecule has 1 saturated carbocycles. The van der Waals surface area contributed by atoms with Gasteiger partial charge in [-0.05, 0) is 12.8 Å². The van der Waals surface area contributed by atoms with E-state index in [0.29, 0.717) is 12.1 Å². The number of hydrogen-bond acceptors (Lipinski definition) is 4. The van der Waals surface area contributed by atoms with E-state index in [-0.39, 0.29) is 0 Å². The van der Waals surface area contributed by atoms with Gasteiger partial charge in [-0.3, -0.25) is 5.43 Å². The minimum Gasteiger partial charge on any atom is -0.379 e. The summed E-state index contributed by atoms with van der Waals surface area (Å²) in [7, 11) is 0. The Hall–Kier alpha value is -0.160. The van der Waals surface area contributed by atoms with E-state index in [9.17, 15) is 0 Å². The van der Waals surface area contributed by atoms with Crippen LogP contribution in [-0.2, 0) is 4.74 Å². The quantitative estimate of drug-likeness (QED) is 0.577. The van der Waals surface area contributed by atoms with Crippen molar-refractivity contribution in [2.24, 2.45) is 5.73 Å². The molecule has 0 radical (unpaired) electrons. The lowest BCUT2D eigenvalue weighted by molar-refractivity contribution is -0.00582. The first-order valence-electron chi connectivity index (χ1n) is 4.69. The molecule has 1 aliphatic heterocycles. The summed E-state index contributed by atoms with van der Waals surface area (Å²) in [5, 5.41) is 2.25. The Morgan fingerprint density at radius 2 is 1.92 bits per heavy atom. The van der Waals surface area contributed by atoms with Crippen molar-refractivity contribution in [3.05, 3.63) is 0 Å². The van der Waals surface area contributed by atoms with Crippen LogP contribution >= 0.6 is 0 Å². The molecular weight excluding hydrogens is 154 g/mol. The van der Waals surface area contributed by atoms with Crippen LogP contribution in [0.3, 0.4) is 0 Å². The maximum absolute atomic E-state index is 5.69. The average molecular weight is 171 g/mol. The third kappa shape index (κ3) is 1.95. The molecule has 4 nitrogen and oxygen atoms in total. The molecule has 3 N–H and O–H groups in total. The minimum atomic E-state index is 0.434. The number of morpholine rings is 1. The summed E-state index contributed by atoms with van der Waals surface area (Å²) in [4.78, 5) is 0. The fourth-order valence-corrected chi connectivity index (χ4v) is 1.72. The maximum atomic E-state index is 5.69. The summed E-state index contributed by atoms with van der Waals surface area (Å²) in [6.45, 7) is 3.72. The van der Waals surface area contributed by atoms with Gasteiger partial charge in [0.25, 0.3) is 0 Å². The Morgan fingerprint density at radius 1 is 1.25 bits per heavy atom. The third-order valence-electron chi connectivity index (χ3n) is 2.55. The second-order valence-corrected chi connectivity index (χ2v) is 3.66. The van der Waals surface area contributed by atoms with E-state index in [1.807, 2.05) is 0 Å². The summed E-state index contributed by atoms with van der Waals surface area (Å²) in [6.07, 6.45) is 2.24. The Kier molecular flexibility index (Phi) is 2.60. The molecular formula is C8H17N3O. The van der Waals surface area contributed by atoms with Crippen molar-refractivity contribution in [3.63, 3.8) is 0 Å². The highest BCUT2D eigenvalue weighted by Gasteiger charge is 2.27. The van der Waals surface area contributed by atoms with Crippen LogP contribution in [0.1, 0.15) is 12.8 Å². The highest BCUT2D eigenvalue weighted by atomic mass is 16.5. The molecule has 0 aromatic rings. The first-order valence-corrected chi connectivity index (χ1v) is 4.69. The monoisotopic (exact) mass is 171 g/mol. The van der Waals surface area contributed by atoms with Crippen LogP contribution in [0.4, 0.5) is 0 Å². The molecule has 0 aromatic carbocycles. The zero-order valence-corrected chi connectivity index (χ0v) is 7.33. The zero-order chi connectivity index (χ0) is 8.39. The third-order valence-corrected chi connectivity index (χ3v) is 2.55. The van der Waals surface area contributed by atoms with E-state index >= 15 is 0 Å². The second kappa shape index (κ2) is 3.70. The van der Waals surface area contributed by atoms with E-state index < -0.39 is 0 Å². The van der Waals surface area contributed by atoms with Crippen LogP contribution in [0.15, 0.2) is 0 Å². The lowest BCUT2D eigenvalue weighted by Gasteiger charge is -2.38. The summed E-state index contributed by atoms with van der Waals surface area (Å²) in [5.74, 6) is 0. The van der Waals surface area contributed by atoms with Gasteiger partial charge in [-0.25, -0.2) is 5.01 Å². The Morgan fingerprint density at radius 3 is 2.50 bits per heavy atom. The number of hydrazine groups is 1. The number of ether oxygens (including phenoxy) is 1. The molecule has 2 rings (SSSR count). The number of hydrogen-bond donors (Lipinski definition) is 2. The van der Waals surface area contributed by atoms with E-state index in [1.54, 1.807) is 0 Å². The molecule has 12 heavy (non-hydrogen) atoms. The highest BCUT2D eigenvalue weighted by molar-refractivity contribution is 4.87. The predicted molar refractivity (Wildman–Crippen MR) is 46.5 cm³/mol. The fraction of sp³-hybridized carbons (Fsp3) is 1.00. The molecule has 1 aliphatic carbocycles. The van der Waals surface area contributed by atoms with Gasteiger partial charge in [-0.15, -0.1) is 0 Å². The van der Waals surface area contributed by atoms with Gasteiger partial charge in [0.2, 0.25) is 0 Å². The van der Waals surface area contributed by atoms with Crippen LogP contribution < -0.4 is 11.2 Å². The molecule has 0 unspecified atom stereocenters. The molecule has 1 heterocycles. The fourth-order valence-electron chi connectivity index (χ4n) is 1.72. The van der Waals surface area contributed by atoms with Crippen molar-refractivity contribution in [3.8, 4) is 0 Å². The van der Waals surface area contributed by atoms with E-state index in [2.05, 4.69) is 10.4 Å². The van der Waals surface area contributed by atoms with Gasteiger partial charge in [-0.1, -0.05) is 0 Å². The van der Waals surface area contributed by atoms with Gasteiger partial charge in [0, 0.05) is 25.2 Å². The first-order chi connectivity index (χ1) is 5.84. The number of rotatable bonds is 2. The topological polar surface area (TPSA) is 50.5 Å². The standard InChI is InChI=1S/C8H17N3O/c9-7-5-8(6-7)10-11-1-3-12-4-2-11/h7-8,10H,1-6,9H2. The average Bonchev–Trinajstić information content (AvgIpc) is 2.04. The number of nitrogens with one attached hydrogen (secondary N) is 1. The SMILES string of the molecule is NC1CC(NN2CCOCC2)C1. The van der Waals surface area contributed by atoms with E-state index in [0.717, 1.165) is 39.1 Å². The number of nitrogens with zero attached hydrogens (tertiary/aromatic N) is 1. The number of nitrogens with two attached hydrogens (primary N) is 1. The van der Waals surface area contributed by atoms with Gasteiger partial charge >= 0.3 is 0 Å². The van der Waals surface area contributed by atoms with Crippen molar-refractivity contribution in [2.45, 2.75) is 24.9 Å².